The molecule has 28 heavy (non-hydrogen) atoms. The number of nitrogens with one attached hydrogen (secondary N) is 2. The van der Waals surface area contributed by atoms with Crippen molar-refractivity contribution in [2.24, 2.45) is 0 Å². The van der Waals surface area contributed by atoms with Gasteiger partial charge in [0.2, 0.25) is 0 Å². The molecule has 0 radical (unpaired) electrons. The lowest BCUT2D eigenvalue weighted by Crippen LogP contribution is -2.34. The van der Waals surface area contributed by atoms with Crippen molar-refractivity contribution < 1.29 is 19.1 Å². The zero-order valence-electron chi connectivity index (χ0n) is 15.9. The number of aromatic amines is 1. The molecule has 7 heteroatoms. The maximum Gasteiger partial charge on any atom is 0.340 e. The molecule has 2 N–H and O–H groups in total. The molecule has 1 aromatic carbocycles. The number of aryl methyl sites for hydroxylation is 2. The number of carbonyl (C=O) groups is 3. The molecule has 0 aliphatic carbocycles. The van der Waals surface area contributed by atoms with Crippen LogP contribution < -0.4 is 5.32 Å². The minimum atomic E-state index is -0.694. The van der Waals surface area contributed by atoms with E-state index in [0.29, 0.717) is 5.56 Å². The smallest absolute Gasteiger partial charge is 0.340 e. The third-order valence-corrected chi connectivity index (χ3v) is 4.44. The first kappa shape index (κ1) is 19.2. The highest BCUT2D eigenvalue weighted by molar-refractivity contribution is 6.04. The molecule has 0 atom stereocenters. The minimum Gasteiger partial charge on any atom is -0.452 e. The second-order valence-electron chi connectivity index (χ2n) is 6.44. The normalized spacial score (nSPS) is 10.5. The predicted molar refractivity (Wildman–Crippen MR) is 104 cm³/mol. The molecule has 0 fully saturated rings. The van der Waals surface area contributed by atoms with Crippen LogP contribution in [0.15, 0.2) is 48.7 Å². The number of esters is 1. The van der Waals surface area contributed by atoms with E-state index in [0.717, 1.165) is 22.6 Å². The molecule has 2 aromatic heterocycles. The third-order valence-electron chi connectivity index (χ3n) is 4.44. The standard InChI is InChI=1S/C21H21N3O4/c1-13-7-4-5-9-18(13)24-14(2)11-16(15(24)3)21(27)28-12-19(25)23-20(26)17-8-6-10-22-17/h4-11,22H,12H2,1-3H3,(H,23,25,26). The summed E-state index contributed by atoms with van der Waals surface area (Å²) in [6.07, 6.45) is 1.57. The summed E-state index contributed by atoms with van der Waals surface area (Å²) in [6, 6.07) is 12.8. The Balaban J connectivity index is 1.68. The zero-order valence-corrected chi connectivity index (χ0v) is 15.9. The van der Waals surface area contributed by atoms with Gasteiger partial charge in [0.1, 0.15) is 5.69 Å². The molecular formula is C21H21N3O4. The Labute approximate surface area is 162 Å². The molecule has 0 aliphatic heterocycles. The van der Waals surface area contributed by atoms with Crippen molar-refractivity contribution in [1.29, 1.82) is 0 Å². The Kier molecular flexibility index (Phi) is 5.44. The van der Waals surface area contributed by atoms with Crippen molar-refractivity contribution >= 4 is 17.8 Å². The number of H-pyrrole nitrogens is 1. The molecular weight excluding hydrogens is 358 g/mol. The Bertz CT molecular complexity index is 1030. The molecule has 0 saturated heterocycles. The van der Waals surface area contributed by atoms with Crippen LogP contribution >= 0.6 is 0 Å². The van der Waals surface area contributed by atoms with Crippen molar-refractivity contribution in [2.45, 2.75) is 20.8 Å². The van der Waals surface area contributed by atoms with Crippen LogP contribution in [0.1, 0.15) is 37.8 Å². The molecule has 0 aliphatic rings. The van der Waals surface area contributed by atoms with Crippen molar-refractivity contribution in [2.75, 3.05) is 6.61 Å². The highest BCUT2D eigenvalue weighted by Crippen LogP contribution is 2.23. The highest BCUT2D eigenvalue weighted by atomic mass is 16.5. The number of aromatic nitrogens is 2. The van der Waals surface area contributed by atoms with E-state index in [-0.39, 0.29) is 5.69 Å². The van der Waals surface area contributed by atoms with E-state index in [2.05, 4.69) is 10.3 Å². The van der Waals surface area contributed by atoms with E-state index < -0.39 is 24.4 Å². The Morgan fingerprint density at radius 1 is 1.07 bits per heavy atom. The molecule has 144 valence electrons. The summed E-state index contributed by atoms with van der Waals surface area (Å²) in [5.41, 5.74) is 4.28. The van der Waals surface area contributed by atoms with Crippen LogP contribution in [-0.4, -0.2) is 33.9 Å². The van der Waals surface area contributed by atoms with Gasteiger partial charge in [-0.2, -0.15) is 0 Å². The first-order chi connectivity index (χ1) is 13.4. The molecule has 2 amide bonds. The lowest BCUT2D eigenvalue weighted by molar-refractivity contribution is -0.123. The van der Waals surface area contributed by atoms with E-state index in [1.54, 1.807) is 18.3 Å². The van der Waals surface area contributed by atoms with Crippen LogP contribution in [0, 0.1) is 20.8 Å². The third kappa shape index (κ3) is 3.88. The van der Waals surface area contributed by atoms with Gasteiger partial charge in [-0.15, -0.1) is 0 Å². The summed E-state index contributed by atoms with van der Waals surface area (Å²) in [7, 11) is 0. The van der Waals surface area contributed by atoms with Gasteiger partial charge in [0.25, 0.3) is 11.8 Å². The van der Waals surface area contributed by atoms with Gasteiger partial charge in [-0.1, -0.05) is 18.2 Å². The van der Waals surface area contributed by atoms with Crippen LogP contribution in [0.2, 0.25) is 0 Å². The van der Waals surface area contributed by atoms with Crippen LogP contribution in [-0.2, 0) is 9.53 Å². The van der Waals surface area contributed by atoms with Crippen LogP contribution in [0.4, 0.5) is 0 Å². The molecule has 0 saturated carbocycles. The van der Waals surface area contributed by atoms with Gasteiger partial charge in [0, 0.05) is 23.3 Å². The first-order valence-corrected chi connectivity index (χ1v) is 8.78. The van der Waals surface area contributed by atoms with Gasteiger partial charge in [0.05, 0.1) is 5.56 Å². The van der Waals surface area contributed by atoms with Crippen LogP contribution in [0.25, 0.3) is 5.69 Å². The van der Waals surface area contributed by atoms with Crippen molar-refractivity contribution in [1.82, 2.24) is 14.9 Å². The number of hydrogen-bond donors (Lipinski definition) is 2. The average Bonchev–Trinajstić information content (AvgIpc) is 3.29. The fraction of sp³-hybridized carbons (Fsp3) is 0.190. The molecule has 3 aromatic rings. The Morgan fingerprint density at radius 2 is 1.82 bits per heavy atom. The molecule has 2 heterocycles. The fourth-order valence-corrected chi connectivity index (χ4v) is 3.06. The number of hydrogen-bond acceptors (Lipinski definition) is 4. The highest BCUT2D eigenvalue weighted by Gasteiger charge is 2.20. The molecule has 3 rings (SSSR count). The van der Waals surface area contributed by atoms with Gasteiger partial charge < -0.3 is 14.3 Å². The van der Waals surface area contributed by atoms with Gasteiger partial charge in [0.15, 0.2) is 6.61 Å². The number of benzene rings is 1. The number of imide groups is 1. The van der Waals surface area contributed by atoms with Gasteiger partial charge in [-0.3, -0.25) is 14.9 Å². The van der Waals surface area contributed by atoms with E-state index in [1.807, 2.05) is 49.6 Å². The van der Waals surface area contributed by atoms with Crippen molar-refractivity contribution in [3.8, 4) is 5.69 Å². The number of para-hydroxylation sites is 1. The van der Waals surface area contributed by atoms with Gasteiger partial charge in [-0.05, 0) is 50.6 Å². The molecule has 0 spiro atoms. The minimum absolute atomic E-state index is 0.251. The molecule has 0 unspecified atom stereocenters. The molecule has 7 nitrogen and oxygen atoms in total. The topological polar surface area (TPSA) is 93.2 Å². The number of amides is 2. The second-order valence-corrected chi connectivity index (χ2v) is 6.44. The lowest BCUT2D eigenvalue weighted by Gasteiger charge is -2.12. The largest absolute Gasteiger partial charge is 0.452 e. The number of rotatable bonds is 5. The van der Waals surface area contributed by atoms with Crippen LogP contribution in [0.3, 0.4) is 0 Å². The summed E-state index contributed by atoms with van der Waals surface area (Å²) in [4.78, 5) is 38.8. The summed E-state index contributed by atoms with van der Waals surface area (Å²) in [5.74, 6) is -1.89. The van der Waals surface area contributed by atoms with Gasteiger partial charge in [-0.25, -0.2) is 4.79 Å². The van der Waals surface area contributed by atoms with Gasteiger partial charge >= 0.3 is 5.97 Å². The Hall–Kier alpha value is -3.61. The van der Waals surface area contributed by atoms with E-state index in [4.69, 9.17) is 4.74 Å². The SMILES string of the molecule is Cc1ccccc1-n1c(C)cc(C(=O)OCC(=O)NC(=O)c2ccc[nH]2)c1C. The predicted octanol–water partition coefficient (Wildman–Crippen LogP) is 2.84. The van der Waals surface area contributed by atoms with Crippen molar-refractivity contribution in [3.63, 3.8) is 0 Å². The summed E-state index contributed by atoms with van der Waals surface area (Å²) < 4.78 is 7.07. The number of nitrogens with zero attached hydrogens (tertiary/aromatic N) is 1. The second kappa shape index (κ2) is 7.96. The molecule has 0 bridgehead atoms. The summed E-state index contributed by atoms with van der Waals surface area (Å²) in [5, 5.41) is 2.16. The quantitative estimate of drug-likeness (QED) is 0.667. The lowest BCUT2D eigenvalue weighted by atomic mass is 10.2. The van der Waals surface area contributed by atoms with Crippen molar-refractivity contribution in [3.05, 3.63) is 76.9 Å². The maximum atomic E-state index is 12.5. The first-order valence-electron chi connectivity index (χ1n) is 8.78. The number of carbonyl (C=O) groups excluding carboxylic acids is 3. The van der Waals surface area contributed by atoms with Crippen LogP contribution in [0.5, 0.6) is 0 Å². The zero-order chi connectivity index (χ0) is 20.3. The maximum absolute atomic E-state index is 12.5. The average molecular weight is 379 g/mol. The monoisotopic (exact) mass is 379 g/mol. The van der Waals surface area contributed by atoms with E-state index in [9.17, 15) is 14.4 Å². The van der Waals surface area contributed by atoms with E-state index in [1.165, 1.54) is 6.07 Å². The number of ether oxygens (including phenoxy) is 1. The Morgan fingerprint density at radius 3 is 2.50 bits per heavy atom. The summed E-state index contributed by atoms with van der Waals surface area (Å²) >= 11 is 0. The summed E-state index contributed by atoms with van der Waals surface area (Å²) in [6.45, 7) is 5.18. The van der Waals surface area contributed by atoms with E-state index >= 15 is 0 Å². The fourth-order valence-electron chi connectivity index (χ4n) is 3.06.